The van der Waals surface area contributed by atoms with Gasteiger partial charge in [0.15, 0.2) is 0 Å². The standard InChI is InChI=1S/C14H12N4O/c1-18-13-6-5-10(8-12(13)16-17-14(18)15)9-3-2-4-11(19)7-9/h2-8,15,19H,1H3/p+1. The van der Waals surface area contributed by atoms with Gasteiger partial charge in [0, 0.05) is 5.10 Å². The average Bonchev–Trinajstić information content (AvgIpc) is 2.43. The maximum Gasteiger partial charge on any atom is 0.412 e. The van der Waals surface area contributed by atoms with Gasteiger partial charge < -0.3 is 5.11 Å². The molecule has 1 aromatic heterocycles. The fourth-order valence-electron chi connectivity index (χ4n) is 2.05. The van der Waals surface area contributed by atoms with E-state index >= 15 is 0 Å². The molecule has 1 heterocycles. The number of aromatic nitrogens is 3. The van der Waals surface area contributed by atoms with Crippen molar-refractivity contribution >= 4 is 17.0 Å². The van der Waals surface area contributed by atoms with Crippen molar-refractivity contribution in [3.8, 4) is 16.9 Å². The van der Waals surface area contributed by atoms with Crippen molar-refractivity contribution in [2.45, 2.75) is 0 Å². The van der Waals surface area contributed by atoms with Crippen molar-refractivity contribution in [1.82, 2.24) is 10.2 Å². The van der Waals surface area contributed by atoms with Crippen molar-refractivity contribution in [2.24, 2.45) is 7.05 Å². The molecule has 2 aromatic carbocycles. The molecule has 0 radical (unpaired) electrons. The highest BCUT2D eigenvalue weighted by Gasteiger charge is 2.10. The van der Waals surface area contributed by atoms with E-state index in [1.807, 2.05) is 37.4 Å². The summed E-state index contributed by atoms with van der Waals surface area (Å²) in [5.41, 5.74) is 9.29. The second kappa shape index (κ2) is 4.20. The Bertz CT molecular complexity index is 770. The van der Waals surface area contributed by atoms with Gasteiger partial charge >= 0.3 is 5.95 Å². The zero-order chi connectivity index (χ0) is 13.4. The van der Waals surface area contributed by atoms with Crippen LogP contribution in [-0.2, 0) is 7.05 Å². The summed E-state index contributed by atoms with van der Waals surface area (Å²) in [5.74, 6) is 0.615. The Balaban J connectivity index is 2.20. The summed E-state index contributed by atoms with van der Waals surface area (Å²) in [5, 5.41) is 17.5. The fraction of sp³-hybridized carbons (Fsp3) is 0.0714. The molecule has 0 aliphatic heterocycles. The summed E-state index contributed by atoms with van der Waals surface area (Å²) in [6, 6.07) is 12.9. The van der Waals surface area contributed by atoms with Gasteiger partial charge in [-0.2, -0.15) is 0 Å². The predicted molar refractivity (Wildman–Crippen MR) is 72.2 cm³/mol. The molecule has 0 spiro atoms. The zero-order valence-corrected chi connectivity index (χ0v) is 10.4. The molecule has 5 nitrogen and oxygen atoms in total. The highest BCUT2D eigenvalue weighted by Crippen LogP contribution is 2.25. The lowest BCUT2D eigenvalue weighted by Gasteiger charge is -2.04. The lowest BCUT2D eigenvalue weighted by atomic mass is 10.0. The molecule has 0 unspecified atom stereocenters. The number of aryl methyl sites for hydroxylation is 1. The average molecular weight is 253 g/mol. The molecule has 0 amide bonds. The Hall–Kier alpha value is -2.69. The number of hydrogen-bond donors (Lipinski definition) is 2. The number of nitrogens with zero attached hydrogens (tertiary/aromatic N) is 3. The van der Waals surface area contributed by atoms with E-state index in [0.717, 1.165) is 22.2 Å². The van der Waals surface area contributed by atoms with Gasteiger partial charge in [0.2, 0.25) is 0 Å². The van der Waals surface area contributed by atoms with Crippen LogP contribution >= 0.6 is 0 Å². The number of nitrogens with two attached hydrogens (primary N) is 1. The molecule has 3 N–H and O–H groups in total. The van der Waals surface area contributed by atoms with Gasteiger partial charge in [-0.05, 0) is 35.4 Å². The number of benzene rings is 2. The van der Waals surface area contributed by atoms with E-state index in [9.17, 15) is 5.11 Å². The molecule has 3 rings (SSSR count). The maximum atomic E-state index is 9.52. The number of aromatic hydroxyl groups is 1. The van der Waals surface area contributed by atoms with Gasteiger partial charge in [-0.15, -0.1) is 0 Å². The van der Waals surface area contributed by atoms with E-state index in [1.165, 1.54) is 0 Å². The van der Waals surface area contributed by atoms with Crippen LogP contribution in [-0.4, -0.2) is 15.3 Å². The smallest absolute Gasteiger partial charge is 0.412 e. The van der Waals surface area contributed by atoms with Gasteiger partial charge in [-0.1, -0.05) is 23.3 Å². The molecule has 5 heteroatoms. The first-order valence-corrected chi connectivity index (χ1v) is 5.86. The highest BCUT2D eigenvalue weighted by molar-refractivity contribution is 5.79. The predicted octanol–water partition coefficient (Wildman–Crippen LogP) is 1.41. The Labute approximate surface area is 110 Å². The SMILES string of the molecule is C[n+]1c(N)nnc2cc(-c3cccc(O)c3)ccc21. The second-order valence-corrected chi connectivity index (χ2v) is 4.37. The molecule has 3 aromatic rings. The van der Waals surface area contributed by atoms with Crippen molar-refractivity contribution < 1.29 is 9.67 Å². The van der Waals surface area contributed by atoms with Gasteiger partial charge in [0.25, 0.3) is 0 Å². The molecule has 19 heavy (non-hydrogen) atoms. The minimum atomic E-state index is 0.242. The van der Waals surface area contributed by atoms with Crippen LogP contribution in [0.4, 0.5) is 5.95 Å². The van der Waals surface area contributed by atoms with Crippen molar-refractivity contribution in [2.75, 3.05) is 5.73 Å². The van der Waals surface area contributed by atoms with Gasteiger partial charge in [-0.3, -0.25) is 5.73 Å². The molecular formula is C14H13N4O+. The number of rotatable bonds is 1. The molecule has 94 valence electrons. The number of nitrogen functional groups attached to an aromatic ring is 1. The molecule has 0 bridgehead atoms. The maximum absolute atomic E-state index is 9.52. The lowest BCUT2D eigenvalue weighted by Crippen LogP contribution is -2.34. The van der Waals surface area contributed by atoms with Crippen LogP contribution in [0.15, 0.2) is 42.5 Å². The first kappa shape index (κ1) is 11.4. The van der Waals surface area contributed by atoms with Gasteiger partial charge in [0.05, 0.1) is 7.05 Å². The molecule has 0 saturated carbocycles. The number of fused-ring (bicyclic) bond motifs is 1. The summed E-state index contributed by atoms with van der Waals surface area (Å²) in [6.45, 7) is 0. The highest BCUT2D eigenvalue weighted by atomic mass is 16.3. The first-order chi connectivity index (χ1) is 9.15. The number of phenols is 1. The molecule has 0 aliphatic rings. The lowest BCUT2D eigenvalue weighted by molar-refractivity contribution is -0.633. The van der Waals surface area contributed by atoms with Crippen LogP contribution in [0.3, 0.4) is 0 Å². The largest absolute Gasteiger partial charge is 0.508 e. The Morgan fingerprint density at radius 2 is 1.84 bits per heavy atom. The molecule has 0 atom stereocenters. The fourth-order valence-corrected chi connectivity index (χ4v) is 2.05. The van der Waals surface area contributed by atoms with Crippen LogP contribution < -0.4 is 10.3 Å². The summed E-state index contributed by atoms with van der Waals surface area (Å²) < 4.78 is 1.79. The van der Waals surface area contributed by atoms with E-state index in [0.29, 0.717) is 5.95 Å². The number of phenolic OH excluding ortho intramolecular Hbond substituents is 1. The topological polar surface area (TPSA) is 75.9 Å². The normalized spacial score (nSPS) is 10.8. The summed E-state index contributed by atoms with van der Waals surface area (Å²) in [7, 11) is 1.85. The molecule has 0 saturated heterocycles. The van der Waals surface area contributed by atoms with E-state index in [-0.39, 0.29) is 5.75 Å². The Kier molecular flexibility index (Phi) is 2.52. The monoisotopic (exact) mass is 253 g/mol. The number of hydrogen-bond acceptors (Lipinski definition) is 4. The molecule has 0 fully saturated rings. The van der Waals surface area contributed by atoms with Crippen LogP contribution in [0.1, 0.15) is 0 Å². The summed E-state index contributed by atoms with van der Waals surface area (Å²) in [4.78, 5) is 0. The van der Waals surface area contributed by atoms with Crippen LogP contribution in [0.5, 0.6) is 5.75 Å². The van der Waals surface area contributed by atoms with Gasteiger partial charge in [0.1, 0.15) is 16.8 Å². The minimum Gasteiger partial charge on any atom is -0.508 e. The van der Waals surface area contributed by atoms with E-state index in [2.05, 4.69) is 10.2 Å². The Morgan fingerprint density at radius 3 is 2.63 bits per heavy atom. The van der Waals surface area contributed by atoms with Crippen LogP contribution in [0.25, 0.3) is 22.2 Å². The van der Waals surface area contributed by atoms with Gasteiger partial charge in [-0.25, -0.2) is 4.57 Å². The third-order valence-corrected chi connectivity index (χ3v) is 3.12. The summed E-state index contributed by atoms with van der Waals surface area (Å²) in [6.07, 6.45) is 0. The van der Waals surface area contributed by atoms with E-state index < -0.39 is 0 Å². The van der Waals surface area contributed by atoms with Crippen molar-refractivity contribution in [1.29, 1.82) is 0 Å². The van der Waals surface area contributed by atoms with E-state index in [4.69, 9.17) is 5.73 Å². The molecule has 0 aliphatic carbocycles. The van der Waals surface area contributed by atoms with Crippen molar-refractivity contribution in [3.63, 3.8) is 0 Å². The quantitative estimate of drug-likeness (QED) is 0.643. The Morgan fingerprint density at radius 1 is 1.05 bits per heavy atom. The third-order valence-electron chi connectivity index (χ3n) is 3.12. The van der Waals surface area contributed by atoms with Crippen LogP contribution in [0.2, 0.25) is 0 Å². The van der Waals surface area contributed by atoms with Crippen molar-refractivity contribution in [3.05, 3.63) is 42.5 Å². The van der Waals surface area contributed by atoms with Crippen LogP contribution in [0, 0.1) is 0 Å². The minimum absolute atomic E-state index is 0.242. The third kappa shape index (κ3) is 1.95. The first-order valence-electron chi connectivity index (χ1n) is 5.86. The number of anilines is 1. The summed E-state index contributed by atoms with van der Waals surface area (Å²) >= 11 is 0. The van der Waals surface area contributed by atoms with E-state index in [1.54, 1.807) is 16.7 Å². The second-order valence-electron chi connectivity index (χ2n) is 4.37. The molecular weight excluding hydrogens is 240 g/mol. The zero-order valence-electron chi connectivity index (χ0n) is 10.4.